The molecule has 0 saturated carbocycles. The first-order valence-corrected chi connectivity index (χ1v) is 4.77. The predicted octanol–water partition coefficient (Wildman–Crippen LogP) is -19.3. The second-order valence-electron chi connectivity index (χ2n) is 1.78. The number of carbonyl (C=O) groups excluding carboxylic acids is 2. The Labute approximate surface area is 280 Å². The van der Waals surface area contributed by atoms with Gasteiger partial charge in [0, 0.05) is 0 Å². The molecule has 0 bridgehead atoms. The standard InChI is InChI=1S/C4H6O6.4K.3O.Ti/c5-1(3(7)8)2(6)4(9)10;;;;;;;;/h1-2,5-6H,(H,7,8)(H,9,10);;;;;;;;/q;4*+1;;2*-1;/p-2. The van der Waals surface area contributed by atoms with Crippen LogP contribution >= 0.6 is 0 Å². The van der Waals surface area contributed by atoms with Gasteiger partial charge in [-0.2, -0.15) is 0 Å². The molecule has 0 saturated heterocycles. The fourth-order valence-corrected chi connectivity index (χ4v) is 0.258. The van der Waals surface area contributed by atoms with Crippen LogP contribution in [-0.2, 0) is 31.5 Å². The molecule has 14 heteroatoms. The Morgan fingerprint density at radius 3 is 1.00 bits per heavy atom. The molecule has 2 unspecified atom stereocenters. The summed E-state index contributed by atoms with van der Waals surface area (Å²) in [6, 6.07) is 0. The number of hydrogen-bond donors (Lipinski definition) is 2. The zero-order chi connectivity index (χ0) is 11.9. The van der Waals surface area contributed by atoms with Gasteiger partial charge >= 0.3 is 235 Å². The Morgan fingerprint density at radius 1 is 0.833 bits per heavy atom. The Hall–Kier alpha value is 5.84. The fourth-order valence-electron chi connectivity index (χ4n) is 0.258. The molecular formula is C4H4K4O9Ti. The summed E-state index contributed by atoms with van der Waals surface area (Å²) in [5.74, 6) is -4.12. The molecule has 0 aliphatic rings. The van der Waals surface area contributed by atoms with E-state index in [2.05, 4.69) is 0 Å². The summed E-state index contributed by atoms with van der Waals surface area (Å²) in [5.41, 5.74) is 0. The second kappa shape index (κ2) is 25.1. The first-order chi connectivity index (χ1) is 6.20. The zero-order valence-corrected chi connectivity index (χ0v) is 24.5. The van der Waals surface area contributed by atoms with Crippen LogP contribution in [0, 0.1) is 0 Å². The quantitative estimate of drug-likeness (QED) is 0.434. The van der Waals surface area contributed by atoms with E-state index >= 15 is 0 Å². The van der Waals surface area contributed by atoms with E-state index in [9.17, 15) is 19.8 Å². The summed E-state index contributed by atoms with van der Waals surface area (Å²) in [5, 5.41) is 35.7. The van der Waals surface area contributed by atoms with E-state index in [4.69, 9.17) is 20.9 Å². The third-order valence-corrected chi connectivity index (χ3v) is 0.782. The van der Waals surface area contributed by atoms with Crippen molar-refractivity contribution in [2.24, 2.45) is 0 Å². The van der Waals surface area contributed by atoms with Crippen molar-refractivity contribution in [1.29, 1.82) is 0 Å². The van der Waals surface area contributed by atoms with Crippen LogP contribution in [0.25, 0.3) is 0 Å². The molecule has 0 rings (SSSR count). The number of carbonyl (C=O) groups is 2. The Morgan fingerprint density at radius 2 is 0.944 bits per heavy atom. The maximum atomic E-state index is 9.63. The van der Waals surface area contributed by atoms with Gasteiger partial charge in [0.25, 0.3) is 0 Å². The van der Waals surface area contributed by atoms with E-state index in [1.165, 1.54) is 0 Å². The van der Waals surface area contributed by atoms with E-state index in [1.807, 2.05) is 0 Å². The van der Waals surface area contributed by atoms with Gasteiger partial charge in [-0.05, 0) is 0 Å². The van der Waals surface area contributed by atoms with Gasteiger partial charge in [-0.3, -0.25) is 0 Å². The summed E-state index contributed by atoms with van der Waals surface area (Å²) < 4.78 is 25.8. The first-order valence-electron chi connectivity index (χ1n) is 2.86. The van der Waals surface area contributed by atoms with Gasteiger partial charge in [-0.1, -0.05) is 0 Å². The van der Waals surface area contributed by atoms with Gasteiger partial charge in [0.2, 0.25) is 0 Å². The van der Waals surface area contributed by atoms with E-state index in [-0.39, 0.29) is 206 Å². The van der Waals surface area contributed by atoms with Gasteiger partial charge in [0.15, 0.2) is 0 Å². The molecule has 0 amide bonds. The molecule has 2 atom stereocenters. The molecule has 82 valence electrons. The average Bonchev–Trinajstić information content (AvgIpc) is 2.00. The third kappa shape index (κ3) is 29.8. The molecule has 0 aliphatic heterocycles. The van der Waals surface area contributed by atoms with Crippen molar-refractivity contribution >= 4 is 11.9 Å². The van der Waals surface area contributed by atoms with Gasteiger partial charge in [0.05, 0.1) is 11.9 Å². The van der Waals surface area contributed by atoms with Crippen LogP contribution in [0.3, 0.4) is 0 Å². The van der Waals surface area contributed by atoms with Crippen LogP contribution < -0.4 is 223 Å². The minimum atomic E-state index is -4.08. The molecule has 18 heavy (non-hydrogen) atoms. The van der Waals surface area contributed by atoms with Crippen molar-refractivity contribution in [3.8, 4) is 0 Å². The number of carboxylic acid groups (broad SMARTS) is 2. The number of aliphatic carboxylic acids is 2. The SMILES string of the molecule is O=C([O-])C(O)C(O)C(=O)[O-].[K+].[K+].[K+].[K+].[O]=[Ti]([O-])[O-]. The van der Waals surface area contributed by atoms with Crippen LogP contribution in [0.5, 0.6) is 0 Å². The molecule has 0 radical (unpaired) electrons. The average molecular weight is 400 g/mol. The molecule has 0 aromatic heterocycles. The van der Waals surface area contributed by atoms with Gasteiger partial charge in [0.1, 0.15) is 12.2 Å². The number of carboxylic acids is 2. The van der Waals surface area contributed by atoms with Crippen molar-refractivity contribution < 1.29 is 265 Å². The van der Waals surface area contributed by atoms with Crippen molar-refractivity contribution in [3.05, 3.63) is 0 Å². The second-order valence-corrected chi connectivity index (χ2v) is 2.56. The monoisotopic (exact) mass is 400 g/mol. The summed E-state index contributed by atoms with van der Waals surface area (Å²) in [4.78, 5) is 19.3. The first kappa shape index (κ1) is 39.1. The Kier molecular flexibility index (Phi) is 54.5. The normalized spacial score (nSPS) is 10.2. The molecule has 0 aromatic rings. The molecule has 0 aliphatic carbocycles. The summed E-state index contributed by atoms with van der Waals surface area (Å²) in [7, 11) is 0. The molecule has 9 nitrogen and oxygen atoms in total. The van der Waals surface area contributed by atoms with Gasteiger partial charge < -0.3 is 30.0 Å². The number of hydrogen-bond acceptors (Lipinski definition) is 9. The van der Waals surface area contributed by atoms with Crippen LogP contribution in [0.1, 0.15) is 0 Å². The fraction of sp³-hybridized carbons (Fsp3) is 0.500. The van der Waals surface area contributed by atoms with Crippen molar-refractivity contribution in [3.63, 3.8) is 0 Å². The number of aliphatic hydroxyl groups is 2. The Bertz CT molecular complexity index is 217. The van der Waals surface area contributed by atoms with Crippen LogP contribution in [0.15, 0.2) is 0 Å². The number of rotatable bonds is 3. The van der Waals surface area contributed by atoms with Gasteiger partial charge in [-0.25, -0.2) is 0 Å². The van der Waals surface area contributed by atoms with Crippen LogP contribution in [-0.4, -0.2) is 34.4 Å². The van der Waals surface area contributed by atoms with Gasteiger partial charge in [-0.15, -0.1) is 0 Å². The van der Waals surface area contributed by atoms with E-state index < -0.39 is 42.8 Å². The van der Waals surface area contributed by atoms with Crippen LogP contribution in [0.4, 0.5) is 0 Å². The molecular weight excluding hydrogens is 396 g/mol. The number of aliphatic hydroxyl groups excluding tert-OH is 2. The molecule has 0 aromatic carbocycles. The third-order valence-electron chi connectivity index (χ3n) is 0.782. The molecule has 0 spiro atoms. The zero-order valence-electron chi connectivity index (χ0n) is 10.4. The molecule has 0 heterocycles. The van der Waals surface area contributed by atoms with E-state index in [0.717, 1.165) is 0 Å². The summed E-state index contributed by atoms with van der Waals surface area (Å²) >= 11 is -4.08. The summed E-state index contributed by atoms with van der Waals surface area (Å²) in [6.07, 6.45) is -4.88. The topological polar surface area (TPSA) is 184 Å². The van der Waals surface area contributed by atoms with Crippen molar-refractivity contribution in [2.45, 2.75) is 12.2 Å². The molecule has 0 fully saturated rings. The van der Waals surface area contributed by atoms with E-state index in [1.54, 1.807) is 0 Å². The predicted molar refractivity (Wildman–Crippen MR) is 22.7 cm³/mol. The van der Waals surface area contributed by atoms with E-state index in [0.29, 0.717) is 0 Å². The van der Waals surface area contributed by atoms with Crippen molar-refractivity contribution in [2.75, 3.05) is 0 Å². The molecule has 2 N–H and O–H groups in total. The van der Waals surface area contributed by atoms with Crippen molar-refractivity contribution in [1.82, 2.24) is 0 Å². The summed E-state index contributed by atoms with van der Waals surface area (Å²) in [6.45, 7) is 0. The minimum absolute atomic E-state index is 0. The maximum absolute atomic E-state index is 9.63. The Balaban J connectivity index is -0.0000000402. The van der Waals surface area contributed by atoms with Crippen LogP contribution in [0.2, 0.25) is 0 Å².